The molecule has 220 valence electrons. The smallest absolute Gasteiger partial charge is 0.338 e. The highest BCUT2D eigenvalue weighted by atomic mass is 28.4. The van der Waals surface area contributed by atoms with E-state index in [1.807, 2.05) is 78.9 Å². The molecule has 3 atom stereocenters. The zero-order valence-corrected chi connectivity index (χ0v) is 25.9. The largest absolute Gasteiger partial charge is 0.460 e. The van der Waals surface area contributed by atoms with Crippen LogP contribution in [0.25, 0.3) is 11.1 Å². The summed E-state index contributed by atoms with van der Waals surface area (Å²) in [5.41, 5.74) is 3.24. The normalized spacial score (nSPS) is 18.7. The highest BCUT2D eigenvalue weighted by Crippen LogP contribution is 2.40. The fraction of sp³-hybridized carbons (Fsp3) is 0.243. The number of hydrogen-bond donors (Lipinski definition) is 0. The van der Waals surface area contributed by atoms with Crippen molar-refractivity contribution in [2.24, 2.45) is 5.92 Å². The van der Waals surface area contributed by atoms with E-state index in [2.05, 4.69) is 51.6 Å². The van der Waals surface area contributed by atoms with Gasteiger partial charge >= 0.3 is 5.97 Å². The Kier molecular flexibility index (Phi) is 9.09. The lowest BCUT2D eigenvalue weighted by molar-refractivity contribution is -0.132. The van der Waals surface area contributed by atoms with Gasteiger partial charge in [0, 0.05) is 18.9 Å². The summed E-state index contributed by atoms with van der Waals surface area (Å²) in [5.74, 6) is -0.779. The first-order valence-corrected chi connectivity index (χ1v) is 16.5. The number of hydrogen-bond acceptors (Lipinski definition) is 5. The molecule has 0 saturated heterocycles. The molecule has 0 radical (unpaired) electrons. The van der Waals surface area contributed by atoms with Crippen molar-refractivity contribution >= 4 is 31.1 Å². The Morgan fingerprint density at radius 3 is 1.84 bits per heavy atom. The van der Waals surface area contributed by atoms with Gasteiger partial charge in [0.15, 0.2) is 0 Å². The van der Waals surface area contributed by atoms with Gasteiger partial charge in [-0.2, -0.15) is 0 Å². The van der Waals surface area contributed by atoms with Crippen LogP contribution >= 0.6 is 0 Å². The van der Waals surface area contributed by atoms with Crippen molar-refractivity contribution in [1.29, 1.82) is 0 Å². The standard InChI is InChI=1S/C37H38O5Si/c1-27-33(25-41-43(37(2,3)4,31-16-10-6-11-17-31)32-18-12-7-13-19-32)35(24-34(27)40-26-38)42-36(39)30-22-20-29(21-23-30)28-14-8-5-9-15-28/h5-23,26,33-35H,1,24-25H2,2-4H3. The van der Waals surface area contributed by atoms with E-state index in [4.69, 9.17) is 13.9 Å². The second-order valence-electron chi connectivity index (χ2n) is 12.0. The highest BCUT2D eigenvalue weighted by Gasteiger charge is 2.52. The first kappa shape index (κ1) is 30.2. The Bertz CT molecular complexity index is 1490. The first-order valence-electron chi connectivity index (χ1n) is 14.6. The molecule has 4 aromatic rings. The van der Waals surface area contributed by atoms with Gasteiger partial charge in [0.25, 0.3) is 14.8 Å². The first-order chi connectivity index (χ1) is 20.7. The average Bonchev–Trinajstić information content (AvgIpc) is 3.31. The van der Waals surface area contributed by atoms with Gasteiger partial charge < -0.3 is 13.9 Å². The molecular weight excluding hydrogens is 552 g/mol. The van der Waals surface area contributed by atoms with E-state index in [-0.39, 0.29) is 17.6 Å². The van der Waals surface area contributed by atoms with Gasteiger partial charge in [-0.25, -0.2) is 4.79 Å². The van der Waals surface area contributed by atoms with Crippen LogP contribution in [0.15, 0.2) is 127 Å². The lowest BCUT2D eigenvalue weighted by Gasteiger charge is -2.43. The molecule has 0 bridgehead atoms. The van der Waals surface area contributed by atoms with Crippen LogP contribution in [0.4, 0.5) is 0 Å². The number of carbonyl (C=O) groups is 2. The summed E-state index contributed by atoms with van der Waals surface area (Å²) in [6, 6.07) is 38.2. The van der Waals surface area contributed by atoms with E-state index in [0.29, 0.717) is 24.0 Å². The van der Waals surface area contributed by atoms with Crippen LogP contribution < -0.4 is 10.4 Å². The molecule has 5 nitrogen and oxygen atoms in total. The van der Waals surface area contributed by atoms with Gasteiger partial charge in [-0.3, -0.25) is 4.79 Å². The molecule has 6 heteroatoms. The van der Waals surface area contributed by atoms with E-state index in [1.54, 1.807) is 12.1 Å². The summed E-state index contributed by atoms with van der Waals surface area (Å²) in [6.45, 7) is 11.6. The van der Waals surface area contributed by atoms with Crippen LogP contribution in [0.5, 0.6) is 0 Å². The molecule has 43 heavy (non-hydrogen) atoms. The molecule has 0 aromatic heterocycles. The van der Waals surface area contributed by atoms with Crippen LogP contribution in [0.1, 0.15) is 37.6 Å². The third-order valence-corrected chi connectivity index (χ3v) is 13.4. The molecule has 0 amide bonds. The number of carbonyl (C=O) groups excluding carboxylic acids is 2. The molecule has 0 spiro atoms. The van der Waals surface area contributed by atoms with Gasteiger partial charge in [0.2, 0.25) is 0 Å². The quantitative estimate of drug-likeness (QED) is 0.0905. The van der Waals surface area contributed by atoms with Gasteiger partial charge in [-0.05, 0) is 44.2 Å². The SMILES string of the molecule is C=C1C(OC=O)CC(OC(=O)c2ccc(-c3ccccc3)cc2)C1CO[Si](c1ccccc1)(c1ccccc1)C(C)(C)C. The molecule has 1 fully saturated rings. The Hall–Kier alpha value is -4.26. The number of esters is 1. The summed E-state index contributed by atoms with van der Waals surface area (Å²) in [6.07, 6.45) is -0.777. The monoisotopic (exact) mass is 590 g/mol. The molecule has 1 aliphatic rings. The predicted octanol–water partition coefficient (Wildman–Crippen LogP) is 6.57. The van der Waals surface area contributed by atoms with Crippen LogP contribution in [0, 0.1) is 5.92 Å². The zero-order valence-electron chi connectivity index (χ0n) is 24.9. The summed E-state index contributed by atoms with van der Waals surface area (Å²) >= 11 is 0. The average molecular weight is 591 g/mol. The van der Waals surface area contributed by atoms with Crippen LogP contribution in [-0.2, 0) is 18.7 Å². The van der Waals surface area contributed by atoms with Crippen LogP contribution in [0.3, 0.4) is 0 Å². The zero-order chi connectivity index (χ0) is 30.5. The van der Waals surface area contributed by atoms with E-state index >= 15 is 0 Å². The molecular formula is C37H38O5Si. The summed E-state index contributed by atoms with van der Waals surface area (Å²) < 4.78 is 18.7. The molecule has 0 heterocycles. The lowest BCUT2D eigenvalue weighted by atomic mass is 10.0. The maximum Gasteiger partial charge on any atom is 0.338 e. The van der Waals surface area contributed by atoms with Crippen molar-refractivity contribution in [2.45, 2.75) is 44.4 Å². The Balaban J connectivity index is 1.42. The van der Waals surface area contributed by atoms with E-state index in [0.717, 1.165) is 21.5 Å². The second kappa shape index (κ2) is 12.9. The van der Waals surface area contributed by atoms with Gasteiger partial charge in [-0.1, -0.05) is 130 Å². The minimum absolute atomic E-state index is 0.221. The minimum Gasteiger partial charge on any atom is -0.460 e. The molecule has 3 unspecified atom stereocenters. The molecule has 0 N–H and O–H groups in total. The van der Waals surface area contributed by atoms with Crippen molar-refractivity contribution in [2.75, 3.05) is 6.61 Å². The molecule has 4 aromatic carbocycles. The van der Waals surface area contributed by atoms with Crippen LogP contribution in [0.2, 0.25) is 5.04 Å². The van der Waals surface area contributed by atoms with E-state index in [9.17, 15) is 9.59 Å². The fourth-order valence-electron chi connectivity index (χ4n) is 6.17. The molecule has 5 rings (SSSR count). The number of ether oxygens (including phenoxy) is 2. The van der Waals surface area contributed by atoms with Crippen molar-refractivity contribution in [3.05, 3.63) is 133 Å². The fourth-order valence-corrected chi connectivity index (χ4v) is 10.8. The Morgan fingerprint density at radius 1 is 0.814 bits per heavy atom. The minimum atomic E-state index is -2.85. The van der Waals surface area contributed by atoms with Gasteiger partial charge in [-0.15, -0.1) is 0 Å². The number of benzene rings is 4. The third-order valence-electron chi connectivity index (χ3n) is 8.39. The molecule has 0 aliphatic heterocycles. The summed E-state index contributed by atoms with van der Waals surface area (Å²) in [4.78, 5) is 24.7. The van der Waals surface area contributed by atoms with Gasteiger partial charge in [0.1, 0.15) is 12.2 Å². The van der Waals surface area contributed by atoms with Crippen molar-refractivity contribution in [3.63, 3.8) is 0 Å². The molecule has 1 saturated carbocycles. The predicted molar refractivity (Wildman–Crippen MR) is 173 cm³/mol. The number of rotatable bonds is 10. The topological polar surface area (TPSA) is 61.8 Å². The highest BCUT2D eigenvalue weighted by molar-refractivity contribution is 6.99. The van der Waals surface area contributed by atoms with Gasteiger partial charge in [0.05, 0.1) is 5.56 Å². The van der Waals surface area contributed by atoms with Crippen LogP contribution in [-0.4, -0.2) is 39.6 Å². The molecule has 1 aliphatic carbocycles. The van der Waals surface area contributed by atoms with E-state index in [1.165, 1.54) is 0 Å². The van der Waals surface area contributed by atoms with Crippen molar-refractivity contribution < 1.29 is 23.5 Å². The van der Waals surface area contributed by atoms with E-state index < -0.39 is 26.5 Å². The maximum atomic E-state index is 13.4. The maximum absolute atomic E-state index is 13.4. The third kappa shape index (κ3) is 6.26. The Labute approximate surface area is 255 Å². The lowest BCUT2D eigenvalue weighted by Crippen LogP contribution is -2.67. The summed E-state index contributed by atoms with van der Waals surface area (Å²) in [7, 11) is -2.85. The van der Waals surface area contributed by atoms with Crippen molar-refractivity contribution in [1.82, 2.24) is 0 Å². The summed E-state index contributed by atoms with van der Waals surface area (Å²) in [5, 5.41) is 2.09. The Morgan fingerprint density at radius 2 is 1.33 bits per heavy atom. The van der Waals surface area contributed by atoms with Crippen molar-refractivity contribution in [3.8, 4) is 11.1 Å². The second-order valence-corrected chi connectivity index (χ2v) is 16.3.